The second kappa shape index (κ2) is 2.67. The van der Waals surface area contributed by atoms with Crippen LogP contribution in [0.3, 0.4) is 0 Å². The van der Waals surface area contributed by atoms with Crippen LogP contribution in [0.25, 0.3) is 0 Å². The molecule has 0 amide bonds. The molecule has 1 aliphatic rings. The van der Waals surface area contributed by atoms with E-state index in [1.165, 1.54) is 0 Å². The summed E-state index contributed by atoms with van der Waals surface area (Å²) in [6, 6.07) is 5.01. The molecule has 1 aromatic carbocycles. The minimum Gasteiger partial charge on any atom is -0.316 e. The summed E-state index contributed by atoms with van der Waals surface area (Å²) in [5.41, 5.74) is 5.27. The van der Waals surface area contributed by atoms with E-state index in [2.05, 4.69) is 0 Å². The lowest BCUT2D eigenvalue weighted by atomic mass is 10.0. The van der Waals surface area contributed by atoms with Crippen LogP contribution < -0.4 is 5.73 Å². The molecule has 0 aromatic heterocycles. The number of nitrogens with two attached hydrogens (primary N) is 1. The van der Waals surface area contributed by atoms with E-state index in [4.69, 9.17) is 17.3 Å². The number of halogens is 3. The molecule has 1 saturated carbocycles. The maximum Gasteiger partial charge on any atom is 0.272 e. The van der Waals surface area contributed by atoms with Gasteiger partial charge in [0, 0.05) is 11.4 Å². The first-order chi connectivity index (χ1) is 6.37. The highest BCUT2D eigenvalue weighted by atomic mass is 35.5. The Hall–Kier alpha value is -0.670. The van der Waals surface area contributed by atoms with E-state index >= 15 is 0 Å². The van der Waals surface area contributed by atoms with Gasteiger partial charge in [-0.2, -0.15) is 0 Å². The zero-order chi connectivity index (χ0) is 10.6. The molecular weight excluding hydrogens is 208 g/mol. The van der Waals surface area contributed by atoms with E-state index in [1.807, 2.05) is 6.92 Å². The molecule has 0 spiro atoms. The van der Waals surface area contributed by atoms with E-state index in [-0.39, 0.29) is 6.42 Å². The fraction of sp³-hybridized carbons (Fsp3) is 0.400. The van der Waals surface area contributed by atoms with Gasteiger partial charge >= 0.3 is 0 Å². The van der Waals surface area contributed by atoms with Crippen LogP contribution in [-0.2, 0) is 5.54 Å². The number of rotatable bonds is 1. The molecule has 1 fully saturated rings. The molecule has 0 aliphatic heterocycles. The second-order valence-electron chi connectivity index (χ2n) is 3.84. The summed E-state index contributed by atoms with van der Waals surface area (Å²) >= 11 is 5.83. The van der Waals surface area contributed by atoms with Crippen LogP contribution >= 0.6 is 11.6 Å². The predicted octanol–water partition coefficient (Wildman–Crippen LogP) is 2.84. The third-order valence-electron chi connectivity index (χ3n) is 2.63. The number of hydrogen-bond donors (Lipinski definition) is 1. The summed E-state index contributed by atoms with van der Waals surface area (Å²) in [6.45, 7) is 1.82. The largest absolute Gasteiger partial charge is 0.316 e. The summed E-state index contributed by atoms with van der Waals surface area (Å²) in [7, 11) is 0. The normalized spacial score (nSPS) is 28.9. The van der Waals surface area contributed by atoms with Gasteiger partial charge in [-0.05, 0) is 18.6 Å². The van der Waals surface area contributed by atoms with Gasteiger partial charge in [-0.25, -0.2) is 8.78 Å². The van der Waals surface area contributed by atoms with Gasteiger partial charge in [-0.3, -0.25) is 0 Å². The predicted molar refractivity (Wildman–Crippen MR) is 51.6 cm³/mol. The molecule has 14 heavy (non-hydrogen) atoms. The molecule has 0 saturated heterocycles. The number of aryl methyl sites for hydroxylation is 1. The summed E-state index contributed by atoms with van der Waals surface area (Å²) in [5.74, 6) is -2.82. The van der Waals surface area contributed by atoms with Crippen molar-refractivity contribution in [3.05, 3.63) is 34.3 Å². The fourth-order valence-electron chi connectivity index (χ4n) is 1.58. The molecule has 1 nitrogen and oxygen atoms in total. The zero-order valence-corrected chi connectivity index (χ0v) is 8.41. The lowest BCUT2D eigenvalue weighted by molar-refractivity contribution is 0.0891. The molecule has 0 bridgehead atoms. The van der Waals surface area contributed by atoms with Crippen LogP contribution in [0.15, 0.2) is 18.2 Å². The lowest BCUT2D eigenvalue weighted by Crippen LogP contribution is -2.27. The minimum absolute atomic E-state index is 0.315. The summed E-state index contributed by atoms with van der Waals surface area (Å²) in [4.78, 5) is 0. The topological polar surface area (TPSA) is 26.0 Å². The second-order valence-corrected chi connectivity index (χ2v) is 4.24. The molecular formula is C10H10ClF2N. The summed E-state index contributed by atoms with van der Waals surface area (Å²) in [5, 5.41) is 0.315. The van der Waals surface area contributed by atoms with Crippen molar-refractivity contribution < 1.29 is 8.78 Å². The number of alkyl halides is 2. The van der Waals surface area contributed by atoms with E-state index in [0.29, 0.717) is 10.6 Å². The Kier molecular flexibility index (Phi) is 1.88. The average Bonchev–Trinajstić information content (AvgIpc) is 2.58. The standard InChI is InChI=1S/C10H10ClF2N/c1-6-2-3-8(11)7(4-6)9(14)5-10(9,12)13/h2-4H,5,14H2,1H3. The van der Waals surface area contributed by atoms with Crippen LogP contribution in [0.2, 0.25) is 5.02 Å². The highest BCUT2D eigenvalue weighted by Gasteiger charge is 2.70. The van der Waals surface area contributed by atoms with Gasteiger partial charge in [0.15, 0.2) is 0 Å². The van der Waals surface area contributed by atoms with Crippen LogP contribution in [0.1, 0.15) is 17.5 Å². The third-order valence-corrected chi connectivity index (χ3v) is 2.96. The SMILES string of the molecule is Cc1ccc(Cl)c(C2(N)CC2(F)F)c1. The minimum atomic E-state index is -2.82. The van der Waals surface area contributed by atoms with Crippen molar-refractivity contribution in [3.63, 3.8) is 0 Å². The van der Waals surface area contributed by atoms with Crippen molar-refractivity contribution in [1.82, 2.24) is 0 Å². The fourth-order valence-corrected chi connectivity index (χ4v) is 1.87. The van der Waals surface area contributed by atoms with Crippen molar-refractivity contribution in [2.45, 2.75) is 24.8 Å². The van der Waals surface area contributed by atoms with E-state index in [9.17, 15) is 8.78 Å². The Morgan fingerprint density at radius 3 is 2.50 bits per heavy atom. The van der Waals surface area contributed by atoms with Gasteiger partial charge in [-0.1, -0.05) is 29.3 Å². The first kappa shape index (κ1) is 9.87. The van der Waals surface area contributed by atoms with Crippen molar-refractivity contribution in [1.29, 1.82) is 0 Å². The Morgan fingerprint density at radius 2 is 2.00 bits per heavy atom. The highest BCUT2D eigenvalue weighted by molar-refractivity contribution is 6.31. The third kappa shape index (κ3) is 1.23. The monoisotopic (exact) mass is 217 g/mol. The number of benzene rings is 1. The zero-order valence-electron chi connectivity index (χ0n) is 7.65. The molecule has 0 heterocycles. The Bertz CT molecular complexity index is 392. The summed E-state index contributed by atoms with van der Waals surface area (Å²) < 4.78 is 26.0. The van der Waals surface area contributed by atoms with Crippen LogP contribution in [0.4, 0.5) is 8.78 Å². The Morgan fingerprint density at radius 1 is 1.43 bits per heavy atom. The van der Waals surface area contributed by atoms with E-state index in [0.717, 1.165) is 5.56 Å². The Labute approximate surface area is 85.9 Å². The van der Waals surface area contributed by atoms with Gasteiger partial charge in [0.25, 0.3) is 5.92 Å². The molecule has 1 unspecified atom stereocenters. The molecule has 1 aromatic rings. The quantitative estimate of drug-likeness (QED) is 0.769. The van der Waals surface area contributed by atoms with Crippen LogP contribution in [0.5, 0.6) is 0 Å². The molecule has 1 atom stereocenters. The van der Waals surface area contributed by atoms with Crippen molar-refractivity contribution >= 4 is 11.6 Å². The maximum atomic E-state index is 13.0. The van der Waals surface area contributed by atoms with Crippen molar-refractivity contribution in [3.8, 4) is 0 Å². The molecule has 76 valence electrons. The molecule has 0 radical (unpaired) electrons. The molecule has 1 aliphatic carbocycles. The van der Waals surface area contributed by atoms with Crippen molar-refractivity contribution in [2.24, 2.45) is 5.73 Å². The molecule has 4 heteroatoms. The van der Waals surface area contributed by atoms with Gasteiger partial charge in [0.2, 0.25) is 0 Å². The highest BCUT2D eigenvalue weighted by Crippen LogP contribution is 2.58. The van der Waals surface area contributed by atoms with Crippen LogP contribution in [0, 0.1) is 6.92 Å². The van der Waals surface area contributed by atoms with Crippen LogP contribution in [-0.4, -0.2) is 5.92 Å². The summed E-state index contributed by atoms with van der Waals surface area (Å²) in [6.07, 6.45) is -0.316. The van der Waals surface area contributed by atoms with E-state index < -0.39 is 11.5 Å². The average molecular weight is 218 g/mol. The lowest BCUT2D eigenvalue weighted by Gasteiger charge is -2.13. The van der Waals surface area contributed by atoms with Gasteiger partial charge in [-0.15, -0.1) is 0 Å². The molecule has 2 rings (SSSR count). The first-order valence-electron chi connectivity index (χ1n) is 4.30. The molecule has 2 N–H and O–H groups in total. The van der Waals surface area contributed by atoms with Gasteiger partial charge in [0.1, 0.15) is 5.54 Å². The first-order valence-corrected chi connectivity index (χ1v) is 4.68. The Balaban J connectivity index is 2.48. The van der Waals surface area contributed by atoms with Gasteiger partial charge in [0.05, 0.1) is 0 Å². The smallest absolute Gasteiger partial charge is 0.272 e. The maximum absolute atomic E-state index is 13.0. The number of hydrogen-bond acceptors (Lipinski definition) is 1. The van der Waals surface area contributed by atoms with Gasteiger partial charge < -0.3 is 5.73 Å². The van der Waals surface area contributed by atoms with Crippen molar-refractivity contribution in [2.75, 3.05) is 0 Å². The van der Waals surface area contributed by atoms with E-state index in [1.54, 1.807) is 18.2 Å².